The predicted molar refractivity (Wildman–Crippen MR) is 89.6 cm³/mol. The van der Waals surface area contributed by atoms with Gasteiger partial charge in [0.2, 0.25) is 17.7 Å². The number of nitrogens with zero attached hydrogens (tertiary/aromatic N) is 1. The maximum absolute atomic E-state index is 12.9. The Morgan fingerprint density at radius 1 is 1.21 bits per heavy atom. The third kappa shape index (κ3) is 2.43. The molecule has 1 aromatic rings. The summed E-state index contributed by atoms with van der Waals surface area (Å²) in [4.78, 5) is 38.9. The number of benzene rings is 1. The minimum absolute atomic E-state index is 0.179. The van der Waals surface area contributed by atoms with Gasteiger partial charge in [0.05, 0.1) is 5.41 Å². The molecule has 1 N–H and O–H groups in total. The van der Waals surface area contributed by atoms with Crippen LogP contribution in [0.3, 0.4) is 0 Å². The SMILES string of the molecule is CC12CCC(C(=O)N(CC(=O)NCc3ccccc3)C1=O)C2(C)C. The molecule has 1 aromatic carbocycles. The van der Waals surface area contributed by atoms with Gasteiger partial charge in [0, 0.05) is 12.5 Å². The molecule has 1 heterocycles. The lowest BCUT2D eigenvalue weighted by atomic mass is 9.62. The van der Waals surface area contributed by atoms with Crippen LogP contribution in [0.15, 0.2) is 30.3 Å². The summed E-state index contributed by atoms with van der Waals surface area (Å²) >= 11 is 0. The first-order valence-corrected chi connectivity index (χ1v) is 8.44. The normalized spacial score (nSPS) is 28.1. The Bertz CT molecular complexity index is 683. The number of fused-ring (bicyclic) bond motifs is 2. The first kappa shape index (κ1) is 16.7. The molecule has 24 heavy (non-hydrogen) atoms. The molecule has 5 heteroatoms. The van der Waals surface area contributed by atoms with Gasteiger partial charge in [0.1, 0.15) is 6.54 Å². The van der Waals surface area contributed by atoms with Gasteiger partial charge in [-0.1, -0.05) is 51.1 Å². The van der Waals surface area contributed by atoms with Gasteiger partial charge in [-0.3, -0.25) is 19.3 Å². The number of hydrogen-bond acceptors (Lipinski definition) is 3. The van der Waals surface area contributed by atoms with Gasteiger partial charge in [-0.05, 0) is 23.8 Å². The first-order valence-electron chi connectivity index (χ1n) is 8.44. The molecule has 2 unspecified atom stereocenters. The molecule has 2 aliphatic rings. The maximum atomic E-state index is 12.9. The van der Waals surface area contributed by atoms with Gasteiger partial charge in [0.25, 0.3) is 0 Å². The summed E-state index contributed by atoms with van der Waals surface area (Å²) in [5, 5.41) is 2.79. The van der Waals surface area contributed by atoms with Crippen LogP contribution in [-0.4, -0.2) is 29.2 Å². The van der Waals surface area contributed by atoms with Crippen molar-refractivity contribution in [3.63, 3.8) is 0 Å². The predicted octanol–water partition coefficient (Wildman–Crippen LogP) is 2.11. The van der Waals surface area contributed by atoms with E-state index >= 15 is 0 Å². The second-order valence-electron chi connectivity index (χ2n) is 7.64. The van der Waals surface area contributed by atoms with Crippen molar-refractivity contribution in [3.05, 3.63) is 35.9 Å². The van der Waals surface area contributed by atoms with Gasteiger partial charge in [-0.2, -0.15) is 0 Å². The second kappa shape index (κ2) is 5.72. The molecule has 3 rings (SSSR count). The van der Waals surface area contributed by atoms with Crippen LogP contribution in [-0.2, 0) is 20.9 Å². The second-order valence-corrected chi connectivity index (χ2v) is 7.64. The number of amides is 3. The van der Waals surface area contributed by atoms with E-state index in [-0.39, 0.29) is 35.6 Å². The highest BCUT2D eigenvalue weighted by Crippen LogP contribution is 2.59. The molecular weight excluding hydrogens is 304 g/mol. The Balaban J connectivity index is 1.68. The fraction of sp³-hybridized carbons (Fsp3) is 0.526. The molecule has 1 saturated carbocycles. The summed E-state index contributed by atoms with van der Waals surface area (Å²) in [6, 6.07) is 9.55. The Morgan fingerprint density at radius 3 is 2.54 bits per heavy atom. The molecule has 2 fully saturated rings. The van der Waals surface area contributed by atoms with Gasteiger partial charge in [-0.15, -0.1) is 0 Å². The van der Waals surface area contributed by atoms with Crippen molar-refractivity contribution in [1.82, 2.24) is 10.2 Å². The van der Waals surface area contributed by atoms with Crippen molar-refractivity contribution >= 4 is 17.7 Å². The monoisotopic (exact) mass is 328 g/mol. The average molecular weight is 328 g/mol. The van der Waals surface area contributed by atoms with E-state index in [1.807, 2.05) is 51.1 Å². The quantitative estimate of drug-likeness (QED) is 0.861. The number of carbonyl (C=O) groups is 3. The third-order valence-electron chi connectivity index (χ3n) is 6.14. The van der Waals surface area contributed by atoms with Crippen LogP contribution >= 0.6 is 0 Å². The van der Waals surface area contributed by atoms with E-state index in [0.29, 0.717) is 13.0 Å². The molecule has 0 aromatic heterocycles. The van der Waals surface area contributed by atoms with E-state index in [2.05, 4.69) is 5.32 Å². The number of nitrogens with one attached hydrogen (secondary N) is 1. The lowest BCUT2D eigenvalue weighted by Crippen LogP contribution is -2.60. The molecular formula is C19H24N2O3. The van der Waals surface area contributed by atoms with Crippen molar-refractivity contribution in [2.24, 2.45) is 16.7 Å². The van der Waals surface area contributed by atoms with Crippen LogP contribution in [0, 0.1) is 16.7 Å². The molecule has 2 atom stereocenters. The Kier molecular flexibility index (Phi) is 3.98. The van der Waals surface area contributed by atoms with Gasteiger partial charge in [-0.25, -0.2) is 0 Å². The molecule has 128 valence electrons. The van der Waals surface area contributed by atoms with Gasteiger partial charge >= 0.3 is 0 Å². The summed E-state index contributed by atoms with van der Waals surface area (Å²) in [5.74, 6) is -0.888. The van der Waals surface area contributed by atoms with Crippen LogP contribution < -0.4 is 5.32 Å². The molecule has 1 saturated heterocycles. The minimum Gasteiger partial charge on any atom is -0.350 e. The highest BCUT2D eigenvalue weighted by molar-refractivity contribution is 6.06. The Morgan fingerprint density at radius 2 is 1.88 bits per heavy atom. The van der Waals surface area contributed by atoms with Crippen molar-refractivity contribution < 1.29 is 14.4 Å². The smallest absolute Gasteiger partial charge is 0.240 e. The molecule has 1 aliphatic carbocycles. The lowest BCUT2D eigenvalue weighted by molar-refractivity contribution is -0.169. The van der Waals surface area contributed by atoms with Gasteiger partial charge in [0.15, 0.2) is 0 Å². The van der Waals surface area contributed by atoms with Gasteiger partial charge < -0.3 is 5.32 Å². The highest BCUT2D eigenvalue weighted by atomic mass is 16.2. The standard InChI is InChI=1S/C19H24N2O3/c1-18(2)14-9-10-19(18,3)17(24)21(16(14)23)12-15(22)20-11-13-7-5-4-6-8-13/h4-8,14H,9-12H2,1-3H3,(H,20,22). The number of imide groups is 1. The summed E-state index contributed by atoms with van der Waals surface area (Å²) in [7, 11) is 0. The molecule has 0 radical (unpaired) electrons. The van der Waals surface area contributed by atoms with Crippen LogP contribution in [0.1, 0.15) is 39.2 Å². The van der Waals surface area contributed by atoms with E-state index in [1.165, 1.54) is 4.90 Å². The van der Waals surface area contributed by atoms with Crippen molar-refractivity contribution in [2.75, 3.05) is 6.54 Å². The molecule has 3 amide bonds. The summed E-state index contributed by atoms with van der Waals surface area (Å²) < 4.78 is 0. The fourth-order valence-electron chi connectivity index (χ4n) is 4.05. The minimum atomic E-state index is -0.564. The summed E-state index contributed by atoms with van der Waals surface area (Å²) in [6.07, 6.45) is 1.42. The van der Waals surface area contributed by atoms with Crippen LogP contribution in [0.2, 0.25) is 0 Å². The zero-order valence-electron chi connectivity index (χ0n) is 14.5. The van der Waals surface area contributed by atoms with Crippen LogP contribution in [0.25, 0.3) is 0 Å². The van der Waals surface area contributed by atoms with Crippen molar-refractivity contribution in [1.29, 1.82) is 0 Å². The highest BCUT2D eigenvalue weighted by Gasteiger charge is 2.64. The Labute approximate surface area is 142 Å². The number of rotatable bonds is 4. The molecule has 0 spiro atoms. The summed E-state index contributed by atoms with van der Waals surface area (Å²) in [6.45, 7) is 6.12. The zero-order chi connectivity index (χ0) is 17.5. The first-order chi connectivity index (χ1) is 11.3. The topological polar surface area (TPSA) is 66.5 Å². The van der Waals surface area contributed by atoms with E-state index < -0.39 is 5.41 Å². The average Bonchev–Trinajstić information content (AvgIpc) is 2.75. The van der Waals surface area contributed by atoms with Crippen molar-refractivity contribution in [2.45, 2.75) is 40.2 Å². The van der Waals surface area contributed by atoms with E-state index in [9.17, 15) is 14.4 Å². The molecule has 5 nitrogen and oxygen atoms in total. The maximum Gasteiger partial charge on any atom is 0.240 e. The van der Waals surface area contributed by atoms with Crippen LogP contribution in [0.4, 0.5) is 0 Å². The Hall–Kier alpha value is -2.17. The van der Waals surface area contributed by atoms with E-state index in [4.69, 9.17) is 0 Å². The van der Waals surface area contributed by atoms with Crippen molar-refractivity contribution in [3.8, 4) is 0 Å². The number of carbonyl (C=O) groups excluding carboxylic acids is 3. The molecule has 2 bridgehead atoms. The fourth-order valence-corrected chi connectivity index (χ4v) is 4.05. The van der Waals surface area contributed by atoms with E-state index in [0.717, 1.165) is 12.0 Å². The number of likely N-dealkylation sites (tertiary alicyclic amines) is 1. The third-order valence-corrected chi connectivity index (χ3v) is 6.14. The summed E-state index contributed by atoms with van der Waals surface area (Å²) in [5.41, 5.74) is 0.0685. The number of piperidine rings is 1. The molecule has 1 aliphatic heterocycles. The zero-order valence-corrected chi connectivity index (χ0v) is 14.5. The van der Waals surface area contributed by atoms with Crippen LogP contribution in [0.5, 0.6) is 0 Å². The largest absolute Gasteiger partial charge is 0.350 e. The number of hydrogen-bond donors (Lipinski definition) is 1. The van der Waals surface area contributed by atoms with E-state index in [1.54, 1.807) is 0 Å². The lowest BCUT2D eigenvalue weighted by Gasteiger charge is -2.47.